The van der Waals surface area contributed by atoms with Crippen molar-refractivity contribution >= 4 is 15.9 Å². The van der Waals surface area contributed by atoms with Crippen molar-refractivity contribution in [3.05, 3.63) is 30.3 Å². The molecule has 1 aromatic rings. The van der Waals surface area contributed by atoms with Crippen LogP contribution in [0.1, 0.15) is 19.8 Å². The normalized spacial score (nSPS) is 23.6. The van der Waals surface area contributed by atoms with E-state index in [1.54, 1.807) is 24.3 Å². The molecule has 0 N–H and O–H groups in total. The van der Waals surface area contributed by atoms with Crippen LogP contribution in [-0.4, -0.2) is 74.2 Å². The van der Waals surface area contributed by atoms with Gasteiger partial charge in [0.05, 0.1) is 11.4 Å². The summed E-state index contributed by atoms with van der Waals surface area (Å²) in [6.45, 7) is 6.34. The molecule has 0 aromatic heterocycles. The smallest absolute Gasteiger partial charge is 0.243 e. The first-order valence-electron chi connectivity index (χ1n) is 9.02. The van der Waals surface area contributed by atoms with E-state index in [2.05, 4.69) is 11.8 Å². The number of nitrogens with zero attached hydrogens (tertiary/aromatic N) is 3. The summed E-state index contributed by atoms with van der Waals surface area (Å²) < 4.78 is 26.8. The molecular weight excluding hydrogens is 338 g/mol. The van der Waals surface area contributed by atoms with Crippen molar-refractivity contribution in [2.75, 3.05) is 45.8 Å². The Morgan fingerprint density at radius 1 is 1.08 bits per heavy atom. The van der Waals surface area contributed by atoms with Crippen molar-refractivity contribution in [3.8, 4) is 0 Å². The van der Waals surface area contributed by atoms with Crippen LogP contribution in [-0.2, 0) is 14.8 Å². The molecule has 0 radical (unpaired) electrons. The fraction of sp³-hybridized carbons (Fsp3) is 0.611. The lowest BCUT2D eigenvalue weighted by Crippen LogP contribution is -2.52. The van der Waals surface area contributed by atoms with Gasteiger partial charge in [-0.1, -0.05) is 25.1 Å². The van der Waals surface area contributed by atoms with Crippen LogP contribution in [0, 0.1) is 5.92 Å². The number of carbonyl (C=O) groups excluding carboxylic acids is 1. The van der Waals surface area contributed by atoms with Crippen molar-refractivity contribution in [2.24, 2.45) is 5.92 Å². The van der Waals surface area contributed by atoms with Crippen LogP contribution in [0.25, 0.3) is 0 Å². The third-order valence-corrected chi connectivity index (χ3v) is 6.99. The number of sulfonamides is 1. The minimum atomic E-state index is -3.43. The van der Waals surface area contributed by atoms with Crippen LogP contribution in [0.5, 0.6) is 0 Å². The third kappa shape index (κ3) is 4.40. The number of hydrogen-bond donors (Lipinski definition) is 0. The molecule has 2 heterocycles. The molecule has 3 rings (SSSR count). The first-order valence-corrected chi connectivity index (χ1v) is 10.5. The number of piperidine rings is 1. The van der Waals surface area contributed by atoms with Gasteiger partial charge in [-0.05, 0) is 30.9 Å². The highest BCUT2D eigenvalue weighted by molar-refractivity contribution is 7.89. The minimum Gasteiger partial charge on any atom is -0.341 e. The fourth-order valence-corrected chi connectivity index (χ4v) is 5.02. The van der Waals surface area contributed by atoms with E-state index in [1.807, 2.05) is 11.0 Å². The molecule has 6 nitrogen and oxygen atoms in total. The number of likely N-dealkylation sites (tertiary alicyclic amines) is 1. The molecule has 138 valence electrons. The Balaban J connectivity index is 1.53. The predicted octanol–water partition coefficient (Wildman–Crippen LogP) is 1.25. The second-order valence-corrected chi connectivity index (χ2v) is 9.02. The number of piperazine rings is 1. The lowest BCUT2D eigenvalue weighted by molar-refractivity contribution is -0.134. The SMILES string of the molecule is C[C@H]1CCCN(C(=O)CN2CCN(S(=O)(=O)c3ccccc3)CC2)C1. The summed E-state index contributed by atoms with van der Waals surface area (Å²) in [5.41, 5.74) is 0. The van der Waals surface area contributed by atoms with E-state index >= 15 is 0 Å². The first-order chi connectivity index (χ1) is 12.0. The largest absolute Gasteiger partial charge is 0.341 e. The molecule has 0 spiro atoms. The van der Waals surface area contributed by atoms with E-state index in [1.165, 1.54) is 10.7 Å². The summed E-state index contributed by atoms with van der Waals surface area (Å²) in [7, 11) is -3.43. The van der Waals surface area contributed by atoms with Gasteiger partial charge in [-0.3, -0.25) is 9.69 Å². The second kappa shape index (κ2) is 7.85. The zero-order valence-corrected chi connectivity index (χ0v) is 15.6. The van der Waals surface area contributed by atoms with Crippen LogP contribution in [0.4, 0.5) is 0 Å². The van der Waals surface area contributed by atoms with E-state index in [0.29, 0.717) is 43.5 Å². The van der Waals surface area contributed by atoms with Crippen LogP contribution in [0.3, 0.4) is 0 Å². The molecule has 1 amide bonds. The van der Waals surface area contributed by atoms with Crippen molar-refractivity contribution in [3.63, 3.8) is 0 Å². The molecule has 2 fully saturated rings. The quantitative estimate of drug-likeness (QED) is 0.806. The van der Waals surface area contributed by atoms with Gasteiger partial charge in [0.25, 0.3) is 0 Å². The maximum atomic E-state index is 12.6. The van der Waals surface area contributed by atoms with Gasteiger partial charge in [-0.15, -0.1) is 0 Å². The average molecular weight is 365 g/mol. The maximum absolute atomic E-state index is 12.6. The highest BCUT2D eigenvalue weighted by Crippen LogP contribution is 2.18. The summed E-state index contributed by atoms with van der Waals surface area (Å²) in [5, 5.41) is 0. The molecule has 0 saturated carbocycles. The molecule has 0 aliphatic carbocycles. The predicted molar refractivity (Wildman–Crippen MR) is 96.6 cm³/mol. The molecule has 2 aliphatic rings. The van der Waals surface area contributed by atoms with Gasteiger partial charge in [-0.2, -0.15) is 4.31 Å². The van der Waals surface area contributed by atoms with Crippen LogP contribution in [0.2, 0.25) is 0 Å². The number of rotatable bonds is 4. The van der Waals surface area contributed by atoms with Crippen LogP contribution in [0.15, 0.2) is 35.2 Å². The van der Waals surface area contributed by atoms with Gasteiger partial charge in [0.2, 0.25) is 15.9 Å². The van der Waals surface area contributed by atoms with Gasteiger partial charge in [0.1, 0.15) is 0 Å². The van der Waals surface area contributed by atoms with E-state index in [-0.39, 0.29) is 5.91 Å². The Bertz CT molecular complexity index is 685. The Morgan fingerprint density at radius 2 is 1.76 bits per heavy atom. The van der Waals surface area contributed by atoms with E-state index in [4.69, 9.17) is 0 Å². The van der Waals surface area contributed by atoms with Crippen molar-refractivity contribution in [1.29, 1.82) is 0 Å². The molecule has 0 bridgehead atoms. The van der Waals surface area contributed by atoms with Crippen molar-refractivity contribution in [1.82, 2.24) is 14.1 Å². The number of carbonyl (C=O) groups is 1. The molecular formula is C18H27N3O3S. The summed E-state index contributed by atoms with van der Waals surface area (Å²) in [6.07, 6.45) is 2.27. The first kappa shape index (κ1) is 18.4. The number of hydrogen-bond acceptors (Lipinski definition) is 4. The van der Waals surface area contributed by atoms with Crippen LogP contribution >= 0.6 is 0 Å². The van der Waals surface area contributed by atoms with Gasteiger partial charge >= 0.3 is 0 Å². The Kier molecular flexibility index (Phi) is 5.76. The molecule has 7 heteroatoms. The van der Waals surface area contributed by atoms with Gasteiger partial charge in [0.15, 0.2) is 0 Å². The Morgan fingerprint density at radius 3 is 2.40 bits per heavy atom. The minimum absolute atomic E-state index is 0.172. The third-order valence-electron chi connectivity index (χ3n) is 5.08. The summed E-state index contributed by atoms with van der Waals surface area (Å²) in [4.78, 5) is 16.8. The van der Waals surface area contributed by atoms with Gasteiger partial charge in [-0.25, -0.2) is 8.42 Å². The molecule has 0 unspecified atom stereocenters. The highest BCUT2D eigenvalue weighted by Gasteiger charge is 2.30. The zero-order valence-electron chi connectivity index (χ0n) is 14.8. The topological polar surface area (TPSA) is 60.9 Å². The summed E-state index contributed by atoms with van der Waals surface area (Å²) >= 11 is 0. The van der Waals surface area contributed by atoms with E-state index in [9.17, 15) is 13.2 Å². The number of amides is 1. The van der Waals surface area contributed by atoms with Gasteiger partial charge < -0.3 is 4.90 Å². The molecule has 2 aliphatic heterocycles. The summed E-state index contributed by atoms with van der Waals surface area (Å²) in [5.74, 6) is 0.747. The van der Waals surface area contributed by atoms with E-state index < -0.39 is 10.0 Å². The monoisotopic (exact) mass is 365 g/mol. The molecule has 1 atom stereocenters. The van der Waals surface area contributed by atoms with Crippen LogP contribution < -0.4 is 0 Å². The fourth-order valence-electron chi connectivity index (χ4n) is 3.58. The Labute approximate surface area is 150 Å². The second-order valence-electron chi connectivity index (χ2n) is 7.08. The standard InChI is InChI=1S/C18H27N3O3S/c1-16-6-5-9-20(14-16)18(22)15-19-10-12-21(13-11-19)25(23,24)17-7-3-2-4-8-17/h2-4,7-8,16H,5-6,9-15H2,1H3/t16-/m0/s1. The average Bonchev–Trinajstić information content (AvgIpc) is 2.63. The number of benzene rings is 1. The Hall–Kier alpha value is -1.44. The lowest BCUT2D eigenvalue weighted by atomic mass is 10.0. The molecule has 1 aromatic carbocycles. The molecule has 25 heavy (non-hydrogen) atoms. The lowest BCUT2D eigenvalue weighted by Gasteiger charge is -2.36. The van der Waals surface area contributed by atoms with Crippen molar-refractivity contribution < 1.29 is 13.2 Å². The maximum Gasteiger partial charge on any atom is 0.243 e. The zero-order chi connectivity index (χ0) is 17.9. The summed E-state index contributed by atoms with van der Waals surface area (Å²) in [6, 6.07) is 8.54. The molecule has 2 saturated heterocycles. The van der Waals surface area contributed by atoms with E-state index in [0.717, 1.165) is 19.5 Å². The van der Waals surface area contributed by atoms with Crippen molar-refractivity contribution in [2.45, 2.75) is 24.7 Å². The van der Waals surface area contributed by atoms with Gasteiger partial charge in [0, 0.05) is 39.3 Å². The highest BCUT2D eigenvalue weighted by atomic mass is 32.2.